The lowest BCUT2D eigenvalue weighted by Gasteiger charge is -2.24. The Bertz CT molecular complexity index is 1470. The number of carbonyl (C=O) groups excluding carboxylic acids is 2. The van der Waals surface area contributed by atoms with Crippen LogP contribution in [0.25, 0.3) is 16.0 Å². The second kappa shape index (κ2) is 8.43. The number of amides is 1. The lowest BCUT2D eigenvalue weighted by atomic mass is 9.95. The van der Waals surface area contributed by atoms with Crippen LogP contribution in [0.1, 0.15) is 28.3 Å². The molecule has 1 aliphatic rings. The van der Waals surface area contributed by atoms with E-state index in [0.29, 0.717) is 22.0 Å². The zero-order valence-electron chi connectivity index (χ0n) is 18.9. The van der Waals surface area contributed by atoms with Gasteiger partial charge in [-0.25, -0.2) is 4.98 Å². The molecule has 34 heavy (non-hydrogen) atoms. The van der Waals surface area contributed by atoms with E-state index >= 15 is 0 Å². The number of nitrogens with zero attached hydrogens (tertiary/aromatic N) is 2. The SMILES string of the molecule is COc1ccccc1C1C(=C(O)c2ccccc2)C(=O)C(=O)N1c1nc2c(C)cc(C)cc2s1. The highest BCUT2D eigenvalue weighted by Crippen LogP contribution is 2.46. The van der Waals surface area contributed by atoms with Crippen LogP contribution in [0.3, 0.4) is 0 Å². The predicted molar refractivity (Wildman–Crippen MR) is 133 cm³/mol. The first-order valence-corrected chi connectivity index (χ1v) is 11.6. The Kier molecular flexibility index (Phi) is 5.42. The lowest BCUT2D eigenvalue weighted by molar-refractivity contribution is -0.132. The van der Waals surface area contributed by atoms with Crippen molar-refractivity contribution in [3.63, 3.8) is 0 Å². The maximum atomic E-state index is 13.4. The van der Waals surface area contributed by atoms with Gasteiger partial charge in [-0.15, -0.1) is 0 Å². The minimum Gasteiger partial charge on any atom is -0.507 e. The third kappa shape index (κ3) is 3.45. The van der Waals surface area contributed by atoms with Gasteiger partial charge in [0.1, 0.15) is 17.6 Å². The van der Waals surface area contributed by atoms with Crippen LogP contribution in [0, 0.1) is 13.8 Å². The maximum Gasteiger partial charge on any atom is 0.301 e. The number of benzene rings is 3. The summed E-state index contributed by atoms with van der Waals surface area (Å²) in [5.41, 5.74) is 3.92. The Morgan fingerprint density at radius 2 is 1.74 bits per heavy atom. The van der Waals surface area contributed by atoms with Crippen molar-refractivity contribution < 1.29 is 19.4 Å². The van der Waals surface area contributed by atoms with Crippen LogP contribution in [0.4, 0.5) is 5.13 Å². The second-order valence-corrected chi connectivity index (χ2v) is 9.21. The number of anilines is 1. The molecule has 170 valence electrons. The van der Waals surface area contributed by atoms with E-state index in [1.54, 1.807) is 36.4 Å². The first-order valence-electron chi connectivity index (χ1n) is 10.8. The zero-order chi connectivity index (χ0) is 24.0. The number of aliphatic hydroxyl groups excluding tert-OH is 1. The minimum atomic E-state index is -0.890. The molecule has 1 aromatic heterocycles. The minimum absolute atomic E-state index is 0.00728. The lowest BCUT2D eigenvalue weighted by Crippen LogP contribution is -2.29. The van der Waals surface area contributed by atoms with E-state index in [2.05, 4.69) is 0 Å². The molecule has 1 unspecified atom stereocenters. The molecule has 2 heterocycles. The van der Waals surface area contributed by atoms with Crippen LogP contribution in [0.2, 0.25) is 0 Å². The Balaban J connectivity index is 1.78. The van der Waals surface area contributed by atoms with Crippen molar-refractivity contribution in [3.8, 4) is 5.75 Å². The zero-order valence-corrected chi connectivity index (χ0v) is 19.7. The molecule has 6 nitrogen and oxygen atoms in total. The van der Waals surface area contributed by atoms with Gasteiger partial charge in [0.25, 0.3) is 5.78 Å². The van der Waals surface area contributed by atoms with Gasteiger partial charge in [0, 0.05) is 11.1 Å². The van der Waals surface area contributed by atoms with Crippen molar-refractivity contribution in [1.82, 2.24) is 4.98 Å². The molecule has 7 heteroatoms. The summed E-state index contributed by atoms with van der Waals surface area (Å²) in [5.74, 6) is -1.22. The van der Waals surface area contributed by atoms with Gasteiger partial charge in [-0.2, -0.15) is 0 Å². The molecule has 5 rings (SSSR count). The smallest absolute Gasteiger partial charge is 0.301 e. The van der Waals surface area contributed by atoms with Crippen molar-refractivity contribution in [3.05, 3.63) is 94.6 Å². The Labute approximate surface area is 200 Å². The molecule has 1 aliphatic heterocycles. The topological polar surface area (TPSA) is 79.7 Å². The Morgan fingerprint density at radius 1 is 1.03 bits per heavy atom. The molecule has 0 radical (unpaired) electrons. The summed E-state index contributed by atoms with van der Waals surface area (Å²) in [5, 5.41) is 11.6. The van der Waals surface area contributed by atoms with E-state index in [-0.39, 0.29) is 11.3 Å². The average Bonchev–Trinajstić information content (AvgIpc) is 3.37. The summed E-state index contributed by atoms with van der Waals surface area (Å²) in [6.45, 7) is 3.98. The molecular formula is C27H22N2O4S. The first kappa shape index (κ1) is 21.9. The highest BCUT2D eigenvalue weighted by molar-refractivity contribution is 7.22. The largest absolute Gasteiger partial charge is 0.507 e. The quantitative estimate of drug-likeness (QED) is 0.240. The van der Waals surface area contributed by atoms with E-state index in [4.69, 9.17) is 9.72 Å². The molecule has 0 bridgehead atoms. The molecule has 1 atom stereocenters. The van der Waals surface area contributed by atoms with E-state index in [1.165, 1.54) is 23.3 Å². The summed E-state index contributed by atoms with van der Waals surface area (Å²) >= 11 is 1.35. The van der Waals surface area contributed by atoms with Gasteiger partial charge in [0.15, 0.2) is 5.13 Å². The van der Waals surface area contributed by atoms with Gasteiger partial charge >= 0.3 is 5.91 Å². The van der Waals surface area contributed by atoms with Crippen LogP contribution in [-0.4, -0.2) is 28.9 Å². The van der Waals surface area contributed by atoms with Gasteiger partial charge in [-0.3, -0.25) is 14.5 Å². The normalized spacial score (nSPS) is 17.5. The number of aromatic nitrogens is 1. The summed E-state index contributed by atoms with van der Waals surface area (Å²) in [7, 11) is 1.53. The molecule has 1 amide bonds. The molecule has 0 aliphatic carbocycles. The Hall–Kier alpha value is -3.97. The molecular weight excluding hydrogens is 448 g/mol. The number of fused-ring (bicyclic) bond motifs is 1. The number of aliphatic hydroxyl groups is 1. The molecule has 3 aromatic carbocycles. The van der Waals surface area contributed by atoms with Crippen molar-refractivity contribution in [2.24, 2.45) is 0 Å². The van der Waals surface area contributed by atoms with Gasteiger partial charge < -0.3 is 9.84 Å². The van der Waals surface area contributed by atoms with Crippen LogP contribution in [0.15, 0.2) is 72.3 Å². The third-order valence-electron chi connectivity index (χ3n) is 5.95. The van der Waals surface area contributed by atoms with Crippen LogP contribution in [0.5, 0.6) is 5.75 Å². The third-order valence-corrected chi connectivity index (χ3v) is 6.95. The number of aryl methyl sites for hydroxylation is 2. The van der Waals surface area contributed by atoms with E-state index < -0.39 is 17.7 Å². The number of hydrogen-bond donors (Lipinski definition) is 1. The summed E-state index contributed by atoms with van der Waals surface area (Å²) in [6, 6.07) is 19.1. The van der Waals surface area contributed by atoms with Crippen LogP contribution >= 0.6 is 11.3 Å². The molecule has 0 spiro atoms. The van der Waals surface area contributed by atoms with Crippen LogP contribution < -0.4 is 9.64 Å². The number of para-hydroxylation sites is 1. The Morgan fingerprint density at radius 3 is 2.47 bits per heavy atom. The summed E-state index contributed by atoms with van der Waals surface area (Å²) in [4.78, 5) is 32.9. The van der Waals surface area contributed by atoms with Crippen LogP contribution in [-0.2, 0) is 9.59 Å². The highest BCUT2D eigenvalue weighted by atomic mass is 32.1. The average molecular weight is 471 g/mol. The number of Topliss-reactive ketones (excluding diaryl/α,β-unsaturated/α-hetero) is 1. The van der Waals surface area contributed by atoms with Crippen molar-refractivity contribution in [2.45, 2.75) is 19.9 Å². The second-order valence-electron chi connectivity index (χ2n) is 8.20. The van der Waals surface area contributed by atoms with Gasteiger partial charge in [-0.05, 0) is 37.1 Å². The van der Waals surface area contributed by atoms with E-state index in [0.717, 1.165) is 21.3 Å². The van der Waals surface area contributed by atoms with Gasteiger partial charge in [0.2, 0.25) is 0 Å². The summed E-state index contributed by atoms with van der Waals surface area (Å²) < 4.78 is 6.50. The fourth-order valence-electron chi connectivity index (χ4n) is 4.43. The number of methoxy groups -OCH3 is 1. The molecule has 1 fully saturated rings. The van der Waals surface area contributed by atoms with Gasteiger partial charge in [0.05, 0.1) is 22.9 Å². The standard InChI is InChI=1S/C27H22N2O4S/c1-15-13-16(2)22-20(14-15)34-27(28-22)29-23(18-11-7-8-12-19(18)33-3)21(25(31)26(29)32)24(30)17-9-5-4-6-10-17/h4-14,23,30H,1-3H3. The number of hydrogen-bond acceptors (Lipinski definition) is 6. The van der Waals surface area contributed by atoms with Crippen molar-refractivity contribution >= 4 is 44.1 Å². The molecule has 0 saturated carbocycles. The molecule has 1 saturated heterocycles. The fourth-order valence-corrected chi connectivity index (χ4v) is 5.60. The number of ketones is 1. The van der Waals surface area contributed by atoms with E-state index in [1.807, 2.05) is 44.2 Å². The van der Waals surface area contributed by atoms with Crippen molar-refractivity contribution in [1.29, 1.82) is 0 Å². The number of rotatable bonds is 4. The fraction of sp³-hybridized carbons (Fsp3) is 0.148. The monoisotopic (exact) mass is 470 g/mol. The van der Waals surface area contributed by atoms with Crippen molar-refractivity contribution in [2.75, 3.05) is 12.0 Å². The first-order chi connectivity index (χ1) is 16.4. The number of thiazole rings is 1. The highest BCUT2D eigenvalue weighted by Gasteiger charge is 2.49. The van der Waals surface area contributed by atoms with Gasteiger partial charge in [-0.1, -0.05) is 65.9 Å². The molecule has 4 aromatic rings. The maximum absolute atomic E-state index is 13.4. The number of ether oxygens (including phenoxy) is 1. The van der Waals surface area contributed by atoms with E-state index in [9.17, 15) is 14.7 Å². The number of carbonyl (C=O) groups is 2. The molecule has 1 N–H and O–H groups in total. The predicted octanol–water partition coefficient (Wildman–Crippen LogP) is 5.55. The summed E-state index contributed by atoms with van der Waals surface area (Å²) in [6.07, 6.45) is 0.